The fourth-order valence-corrected chi connectivity index (χ4v) is 8.81. The maximum Gasteiger partial charge on any atom is 0.164 e. The van der Waals surface area contributed by atoms with Crippen molar-refractivity contribution in [2.75, 3.05) is 0 Å². The highest BCUT2D eigenvalue weighted by atomic mass is 35.5. The van der Waals surface area contributed by atoms with E-state index in [1.807, 2.05) is 30.5 Å². The third kappa shape index (κ3) is 5.74. The molecule has 1 aromatic carbocycles. The third-order valence-electron chi connectivity index (χ3n) is 10.4. The summed E-state index contributed by atoms with van der Waals surface area (Å²) in [5.41, 5.74) is 4.16. The molecule has 6 atom stereocenters. The van der Waals surface area contributed by atoms with Crippen molar-refractivity contribution in [3.63, 3.8) is 0 Å². The number of halogens is 1. The van der Waals surface area contributed by atoms with E-state index < -0.39 is 0 Å². The van der Waals surface area contributed by atoms with Crippen molar-refractivity contribution < 1.29 is 0 Å². The van der Waals surface area contributed by atoms with E-state index in [0.717, 1.165) is 76.8 Å². The molecular formula is C36H45ClN4. The average Bonchev–Trinajstić information content (AvgIpc) is 2.96. The summed E-state index contributed by atoms with van der Waals surface area (Å²) in [6.07, 6.45) is 13.8. The summed E-state index contributed by atoms with van der Waals surface area (Å²) in [7, 11) is 0. The van der Waals surface area contributed by atoms with Gasteiger partial charge in [0.2, 0.25) is 0 Å². The molecular weight excluding hydrogens is 524 g/mol. The van der Waals surface area contributed by atoms with E-state index in [4.69, 9.17) is 31.5 Å². The van der Waals surface area contributed by atoms with Gasteiger partial charge in [-0.15, -0.1) is 0 Å². The largest absolute Gasteiger partial charge is 0.255 e. The van der Waals surface area contributed by atoms with Crippen molar-refractivity contribution in [3.05, 3.63) is 71.4 Å². The molecule has 0 N–H and O–H groups in total. The maximum atomic E-state index is 6.12. The highest BCUT2D eigenvalue weighted by Crippen LogP contribution is 2.54. The highest BCUT2D eigenvalue weighted by molar-refractivity contribution is 6.30. The molecule has 2 heterocycles. The Hall–Kier alpha value is -2.59. The van der Waals surface area contributed by atoms with Gasteiger partial charge < -0.3 is 0 Å². The highest BCUT2D eigenvalue weighted by Gasteiger charge is 2.49. The van der Waals surface area contributed by atoms with Crippen LogP contribution >= 0.6 is 11.6 Å². The van der Waals surface area contributed by atoms with E-state index in [1.54, 1.807) is 0 Å². The minimum absolute atomic E-state index is 0.0383. The topological polar surface area (TPSA) is 51.6 Å². The molecule has 2 bridgehead atoms. The maximum absolute atomic E-state index is 6.12. The quantitative estimate of drug-likeness (QED) is 0.278. The van der Waals surface area contributed by atoms with Gasteiger partial charge >= 0.3 is 0 Å². The summed E-state index contributed by atoms with van der Waals surface area (Å²) in [6, 6.07) is 12.0. The number of nitrogens with zero attached hydrogens (tertiary/aromatic N) is 4. The molecule has 3 aliphatic carbocycles. The van der Waals surface area contributed by atoms with Crippen molar-refractivity contribution in [1.29, 1.82) is 0 Å². The lowest BCUT2D eigenvalue weighted by Crippen LogP contribution is -2.44. The summed E-state index contributed by atoms with van der Waals surface area (Å²) >= 11 is 6.12. The Morgan fingerprint density at radius 2 is 1.59 bits per heavy atom. The molecule has 4 nitrogen and oxygen atoms in total. The lowest BCUT2D eigenvalue weighted by Gasteiger charge is -2.50. The van der Waals surface area contributed by atoms with Crippen LogP contribution in [0.15, 0.2) is 54.7 Å². The number of fused-ring (bicyclic) bond motifs is 2. The predicted octanol–water partition coefficient (Wildman–Crippen LogP) is 9.77. The lowest BCUT2D eigenvalue weighted by molar-refractivity contribution is 0.0638. The standard InChI is InChI=1S/C36H45ClN4/c1-6-25-14-23(3)17-35(5,19-25)33-39-32(29-10-13-31(38-22-29)28-8-11-30(37)12-9-28)40-34(41-33)36-18-24(4)15-27(21-36)16-26(7-2)20-36/h8-13,22,24-27H,3,6-7,14-21H2,1-2,4-5H3. The molecule has 3 saturated carbocycles. The number of aromatic nitrogens is 4. The summed E-state index contributed by atoms with van der Waals surface area (Å²) in [5, 5.41) is 0.728. The molecule has 0 saturated heterocycles. The molecule has 216 valence electrons. The van der Waals surface area contributed by atoms with Crippen molar-refractivity contribution in [2.45, 2.75) is 103 Å². The lowest BCUT2D eigenvalue weighted by atomic mass is 9.56. The van der Waals surface area contributed by atoms with Crippen LogP contribution in [0, 0.1) is 23.7 Å². The monoisotopic (exact) mass is 568 g/mol. The van der Waals surface area contributed by atoms with Crippen LogP contribution in [0.4, 0.5) is 0 Å². The van der Waals surface area contributed by atoms with E-state index in [9.17, 15) is 0 Å². The Balaban J connectivity index is 1.46. The smallest absolute Gasteiger partial charge is 0.164 e. The first-order valence-corrected chi connectivity index (χ1v) is 16.2. The number of hydrogen-bond donors (Lipinski definition) is 0. The Labute approximate surface area is 251 Å². The van der Waals surface area contributed by atoms with Crippen molar-refractivity contribution in [3.8, 4) is 22.6 Å². The second-order valence-corrected chi connectivity index (χ2v) is 14.5. The van der Waals surface area contributed by atoms with Crippen molar-refractivity contribution in [2.24, 2.45) is 23.7 Å². The SMILES string of the molecule is C=C1CC(CC)CC(C)(c2nc(-c3ccc(-c4ccc(Cl)cc4)nc3)nc(C34CC(C)CC(CC(CC)C3)C4)n2)C1. The predicted molar refractivity (Wildman–Crippen MR) is 169 cm³/mol. The van der Waals surface area contributed by atoms with Crippen LogP contribution in [0.1, 0.15) is 104 Å². The second-order valence-electron chi connectivity index (χ2n) is 14.0. The minimum Gasteiger partial charge on any atom is -0.255 e. The van der Waals surface area contributed by atoms with E-state index >= 15 is 0 Å². The normalized spacial score (nSPS) is 31.7. The first-order valence-electron chi connectivity index (χ1n) is 15.8. The molecule has 2 aromatic heterocycles. The molecule has 6 unspecified atom stereocenters. The number of rotatable bonds is 6. The zero-order valence-corrected chi connectivity index (χ0v) is 26.1. The summed E-state index contributed by atoms with van der Waals surface area (Å²) in [6.45, 7) is 13.9. The number of benzene rings is 1. The fraction of sp³-hybridized carbons (Fsp3) is 0.556. The van der Waals surface area contributed by atoms with E-state index in [2.05, 4.69) is 46.4 Å². The minimum atomic E-state index is -0.131. The van der Waals surface area contributed by atoms with Gasteiger partial charge in [-0.05, 0) is 99.3 Å². The van der Waals surface area contributed by atoms with Gasteiger partial charge in [-0.2, -0.15) is 0 Å². The van der Waals surface area contributed by atoms with Crippen molar-refractivity contribution in [1.82, 2.24) is 19.9 Å². The van der Waals surface area contributed by atoms with Crippen LogP contribution < -0.4 is 0 Å². The van der Waals surface area contributed by atoms with Crippen LogP contribution in [0.5, 0.6) is 0 Å². The molecule has 3 aromatic rings. The molecule has 0 spiro atoms. The van der Waals surface area contributed by atoms with Crippen LogP contribution in [-0.2, 0) is 10.8 Å². The fourth-order valence-electron chi connectivity index (χ4n) is 8.68. The summed E-state index contributed by atoms with van der Waals surface area (Å²) < 4.78 is 0. The third-order valence-corrected chi connectivity index (χ3v) is 10.7. The molecule has 0 amide bonds. The molecule has 0 radical (unpaired) electrons. The average molecular weight is 569 g/mol. The van der Waals surface area contributed by atoms with Crippen LogP contribution in [0.25, 0.3) is 22.6 Å². The van der Waals surface area contributed by atoms with Gasteiger partial charge in [0, 0.05) is 33.2 Å². The van der Waals surface area contributed by atoms with Gasteiger partial charge in [0.05, 0.1) is 5.69 Å². The molecule has 41 heavy (non-hydrogen) atoms. The number of allylic oxidation sites excluding steroid dienone is 1. The van der Waals surface area contributed by atoms with Crippen LogP contribution in [-0.4, -0.2) is 19.9 Å². The molecule has 6 rings (SSSR count). The van der Waals surface area contributed by atoms with E-state index in [1.165, 1.54) is 44.1 Å². The van der Waals surface area contributed by atoms with Crippen molar-refractivity contribution >= 4 is 11.6 Å². The Kier molecular flexibility index (Phi) is 7.82. The molecule has 3 aliphatic rings. The van der Waals surface area contributed by atoms with Crippen LogP contribution in [0.3, 0.4) is 0 Å². The Morgan fingerprint density at radius 3 is 2.29 bits per heavy atom. The van der Waals surface area contributed by atoms with Gasteiger partial charge in [-0.1, -0.05) is 76.4 Å². The van der Waals surface area contributed by atoms with Gasteiger partial charge in [0.1, 0.15) is 11.6 Å². The van der Waals surface area contributed by atoms with E-state index in [0.29, 0.717) is 11.8 Å². The first-order chi connectivity index (χ1) is 19.7. The van der Waals surface area contributed by atoms with E-state index in [-0.39, 0.29) is 10.8 Å². The molecule has 5 heteroatoms. The molecule has 0 aliphatic heterocycles. The summed E-state index contributed by atoms with van der Waals surface area (Å²) in [4.78, 5) is 20.9. The Morgan fingerprint density at radius 1 is 0.854 bits per heavy atom. The first kappa shape index (κ1) is 28.5. The second kappa shape index (κ2) is 11.2. The number of hydrogen-bond acceptors (Lipinski definition) is 4. The van der Waals surface area contributed by atoms with Crippen LogP contribution in [0.2, 0.25) is 5.02 Å². The zero-order chi connectivity index (χ0) is 28.8. The summed E-state index contributed by atoms with van der Waals surface area (Å²) in [5.74, 6) is 5.62. The van der Waals surface area contributed by atoms with Gasteiger partial charge in [-0.25, -0.2) is 15.0 Å². The Bertz CT molecular complexity index is 1400. The number of pyridine rings is 1. The van der Waals surface area contributed by atoms with Gasteiger partial charge in [0.15, 0.2) is 5.82 Å². The van der Waals surface area contributed by atoms with Gasteiger partial charge in [0.25, 0.3) is 0 Å². The molecule has 3 fully saturated rings. The zero-order valence-electron chi connectivity index (χ0n) is 25.3. The van der Waals surface area contributed by atoms with Gasteiger partial charge in [-0.3, -0.25) is 4.98 Å².